The van der Waals surface area contributed by atoms with Gasteiger partial charge in [-0.1, -0.05) is 55.1 Å². The van der Waals surface area contributed by atoms with E-state index >= 15 is 0 Å². The van der Waals surface area contributed by atoms with Gasteiger partial charge in [-0.3, -0.25) is 19.3 Å². The second-order valence-electron chi connectivity index (χ2n) is 7.20. The van der Waals surface area contributed by atoms with Gasteiger partial charge < -0.3 is 10.1 Å². The molecule has 1 aliphatic rings. The van der Waals surface area contributed by atoms with Crippen molar-refractivity contribution in [3.05, 3.63) is 76.3 Å². The molecular formula is C24H26N2O4S. The highest BCUT2D eigenvalue weighted by Crippen LogP contribution is 2.30. The lowest BCUT2D eigenvalue weighted by atomic mass is 10.1. The summed E-state index contributed by atoms with van der Waals surface area (Å²) in [6, 6.07) is 14.8. The summed E-state index contributed by atoms with van der Waals surface area (Å²) in [4.78, 5) is 39.0. The van der Waals surface area contributed by atoms with Crippen molar-refractivity contribution in [3.8, 4) is 5.75 Å². The summed E-state index contributed by atoms with van der Waals surface area (Å²) in [5.74, 6) is -0.0835. The number of carbonyl (C=O) groups excluding carboxylic acids is 3. The van der Waals surface area contributed by atoms with Crippen molar-refractivity contribution in [2.45, 2.75) is 26.3 Å². The van der Waals surface area contributed by atoms with Crippen LogP contribution in [0.3, 0.4) is 0 Å². The van der Waals surface area contributed by atoms with Crippen LogP contribution in [0.2, 0.25) is 0 Å². The van der Waals surface area contributed by atoms with Gasteiger partial charge in [0.15, 0.2) is 5.78 Å². The lowest BCUT2D eigenvalue weighted by molar-refractivity contribution is -0.131. The summed E-state index contributed by atoms with van der Waals surface area (Å²) in [5, 5.41) is 3.40. The van der Waals surface area contributed by atoms with Crippen LogP contribution in [0.5, 0.6) is 5.75 Å². The first-order valence-electron chi connectivity index (χ1n) is 10.1. The minimum Gasteiger partial charge on any atom is -0.496 e. The molecule has 7 heteroatoms. The molecule has 1 atom stereocenters. The number of hydrogen-bond acceptors (Lipinski definition) is 5. The van der Waals surface area contributed by atoms with Gasteiger partial charge in [0.05, 0.1) is 29.5 Å². The summed E-state index contributed by atoms with van der Waals surface area (Å²) in [6.45, 7) is 3.87. The van der Waals surface area contributed by atoms with Crippen LogP contribution in [0.25, 0.3) is 0 Å². The van der Waals surface area contributed by atoms with E-state index in [-0.39, 0.29) is 35.9 Å². The van der Waals surface area contributed by atoms with E-state index in [2.05, 4.69) is 12.2 Å². The summed E-state index contributed by atoms with van der Waals surface area (Å²) < 4.78 is 5.24. The third kappa shape index (κ3) is 5.55. The zero-order chi connectivity index (χ0) is 22.4. The number of nitrogens with one attached hydrogen (secondary N) is 1. The van der Waals surface area contributed by atoms with Crippen molar-refractivity contribution in [1.29, 1.82) is 0 Å². The first kappa shape index (κ1) is 22.6. The normalized spacial score (nSPS) is 15.8. The molecule has 0 bridgehead atoms. The van der Waals surface area contributed by atoms with Gasteiger partial charge in [0.1, 0.15) is 12.3 Å². The number of ketones is 1. The van der Waals surface area contributed by atoms with Crippen molar-refractivity contribution in [2.24, 2.45) is 0 Å². The minimum atomic E-state index is -0.279. The van der Waals surface area contributed by atoms with E-state index in [0.717, 1.165) is 12.0 Å². The average molecular weight is 439 g/mol. The molecule has 1 N–H and O–H groups in total. The molecule has 0 aromatic heterocycles. The fraction of sp³-hybridized carbons (Fsp3) is 0.292. The molecule has 1 heterocycles. The van der Waals surface area contributed by atoms with Crippen LogP contribution in [0.15, 0.2) is 59.6 Å². The Kier molecular flexibility index (Phi) is 7.52. The van der Waals surface area contributed by atoms with Gasteiger partial charge in [-0.05, 0) is 36.6 Å². The van der Waals surface area contributed by atoms with E-state index in [1.807, 2.05) is 31.2 Å². The van der Waals surface area contributed by atoms with Crippen LogP contribution < -0.4 is 10.1 Å². The topological polar surface area (TPSA) is 75.7 Å². The van der Waals surface area contributed by atoms with E-state index in [4.69, 9.17) is 4.74 Å². The van der Waals surface area contributed by atoms with E-state index in [0.29, 0.717) is 16.3 Å². The third-order valence-corrected chi connectivity index (χ3v) is 6.13. The van der Waals surface area contributed by atoms with Gasteiger partial charge >= 0.3 is 0 Å². The predicted octanol–water partition coefficient (Wildman–Crippen LogP) is 3.73. The summed E-state index contributed by atoms with van der Waals surface area (Å²) >= 11 is 1.25. The van der Waals surface area contributed by atoms with Crippen LogP contribution in [0.4, 0.5) is 0 Å². The number of benzene rings is 2. The molecule has 1 aliphatic heterocycles. The van der Waals surface area contributed by atoms with Gasteiger partial charge in [-0.2, -0.15) is 0 Å². The highest BCUT2D eigenvalue weighted by atomic mass is 32.2. The SMILES string of the molecule is CCc1ccc(C(C)NC(=O)CN2C(=O)CSC2=CC(=O)c2ccccc2OC)cc1. The second kappa shape index (κ2) is 10.3. The quantitative estimate of drug-likeness (QED) is 0.502. The Hall–Kier alpha value is -3.06. The van der Waals surface area contributed by atoms with Crippen molar-refractivity contribution < 1.29 is 19.1 Å². The van der Waals surface area contributed by atoms with Gasteiger partial charge in [0.2, 0.25) is 11.8 Å². The number of allylic oxidation sites excluding steroid dienone is 1. The van der Waals surface area contributed by atoms with Crippen molar-refractivity contribution in [3.63, 3.8) is 0 Å². The number of methoxy groups -OCH3 is 1. The maximum absolute atomic E-state index is 12.7. The number of ether oxygens (including phenoxy) is 1. The molecular weight excluding hydrogens is 412 g/mol. The lowest BCUT2D eigenvalue weighted by Crippen LogP contribution is -2.38. The van der Waals surface area contributed by atoms with E-state index in [1.54, 1.807) is 24.3 Å². The van der Waals surface area contributed by atoms with Crippen molar-refractivity contribution >= 4 is 29.4 Å². The van der Waals surface area contributed by atoms with Crippen LogP contribution >= 0.6 is 11.8 Å². The molecule has 1 saturated heterocycles. The Morgan fingerprint density at radius 1 is 1.19 bits per heavy atom. The van der Waals surface area contributed by atoms with Gasteiger partial charge in [-0.15, -0.1) is 0 Å². The highest BCUT2D eigenvalue weighted by molar-refractivity contribution is 8.04. The number of para-hydroxylation sites is 1. The van der Waals surface area contributed by atoms with Crippen LogP contribution in [-0.4, -0.2) is 41.9 Å². The number of thioether (sulfide) groups is 1. The maximum atomic E-state index is 12.7. The summed E-state index contributed by atoms with van der Waals surface area (Å²) in [7, 11) is 1.50. The highest BCUT2D eigenvalue weighted by Gasteiger charge is 2.29. The second-order valence-corrected chi connectivity index (χ2v) is 8.20. The zero-order valence-corrected chi connectivity index (χ0v) is 18.7. The van der Waals surface area contributed by atoms with Crippen LogP contribution in [0, 0.1) is 0 Å². The number of amides is 2. The number of hydrogen-bond donors (Lipinski definition) is 1. The fourth-order valence-electron chi connectivity index (χ4n) is 3.29. The molecule has 2 aromatic carbocycles. The molecule has 6 nitrogen and oxygen atoms in total. The molecule has 31 heavy (non-hydrogen) atoms. The number of carbonyl (C=O) groups is 3. The molecule has 1 fully saturated rings. The Labute approximate surface area is 186 Å². The van der Waals surface area contributed by atoms with Gasteiger partial charge in [0, 0.05) is 6.08 Å². The monoisotopic (exact) mass is 438 g/mol. The Balaban J connectivity index is 1.68. The van der Waals surface area contributed by atoms with Crippen LogP contribution in [0.1, 0.15) is 41.4 Å². The molecule has 0 saturated carbocycles. The standard InChI is InChI=1S/C24H26N2O4S/c1-4-17-9-11-18(12-10-17)16(2)25-22(28)14-26-23(29)15-31-24(26)13-20(27)19-7-5-6-8-21(19)30-3/h5-13,16H,4,14-15H2,1-3H3,(H,25,28). The predicted molar refractivity (Wildman–Crippen MR) is 122 cm³/mol. The van der Waals surface area contributed by atoms with Crippen molar-refractivity contribution in [2.75, 3.05) is 19.4 Å². The number of aryl methyl sites for hydroxylation is 1. The molecule has 0 radical (unpaired) electrons. The number of nitrogens with zero attached hydrogens (tertiary/aromatic N) is 1. The smallest absolute Gasteiger partial charge is 0.240 e. The van der Waals surface area contributed by atoms with Crippen LogP contribution in [-0.2, 0) is 16.0 Å². The minimum absolute atomic E-state index is 0.131. The van der Waals surface area contributed by atoms with Gasteiger partial charge in [-0.25, -0.2) is 0 Å². The molecule has 3 rings (SSSR count). The Morgan fingerprint density at radius 2 is 1.90 bits per heavy atom. The number of rotatable bonds is 8. The maximum Gasteiger partial charge on any atom is 0.240 e. The average Bonchev–Trinajstić information content (AvgIpc) is 3.12. The molecule has 0 spiro atoms. The molecule has 1 unspecified atom stereocenters. The fourth-order valence-corrected chi connectivity index (χ4v) is 4.23. The largest absolute Gasteiger partial charge is 0.496 e. The molecule has 2 aromatic rings. The van der Waals surface area contributed by atoms with E-state index in [1.165, 1.54) is 35.4 Å². The third-order valence-electron chi connectivity index (χ3n) is 5.10. The van der Waals surface area contributed by atoms with E-state index < -0.39 is 0 Å². The summed E-state index contributed by atoms with van der Waals surface area (Å²) in [6.07, 6.45) is 2.35. The van der Waals surface area contributed by atoms with E-state index in [9.17, 15) is 14.4 Å². The summed E-state index contributed by atoms with van der Waals surface area (Å²) in [5.41, 5.74) is 2.64. The Bertz CT molecular complexity index is 1000. The molecule has 162 valence electrons. The van der Waals surface area contributed by atoms with Gasteiger partial charge in [0.25, 0.3) is 0 Å². The lowest BCUT2D eigenvalue weighted by Gasteiger charge is -2.20. The molecule has 2 amide bonds. The Morgan fingerprint density at radius 3 is 2.58 bits per heavy atom. The van der Waals surface area contributed by atoms with Crippen molar-refractivity contribution in [1.82, 2.24) is 10.2 Å². The first-order chi connectivity index (χ1) is 14.9. The first-order valence-corrected chi connectivity index (χ1v) is 11.1. The molecule has 0 aliphatic carbocycles. The zero-order valence-electron chi connectivity index (χ0n) is 17.9.